The summed E-state index contributed by atoms with van der Waals surface area (Å²) in [4.78, 5) is 5.88. The molecule has 0 unspecified atom stereocenters. The Morgan fingerprint density at radius 3 is 2.62 bits per heavy atom. The molecule has 6 nitrogen and oxygen atoms in total. The van der Waals surface area contributed by atoms with Crippen LogP contribution in [0.5, 0.6) is 5.75 Å². The molecule has 0 spiro atoms. The molecule has 0 fully saturated rings. The summed E-state index contributed by atoms with van der Waals surface area (Å²) in [5.74, 6) is 1.23. The number of para-hydroxylation sites is 1. The molecule has 0 atom stereocenters. The predicted octanol–water partition coefficient (Wildman–Crippen LogP) is 2.53. The van der Waals surface area contributed by atoms with E-state index in [1.54, 1.807) is 19.0 Å². The minimum absolute atomic E-state index is 0.0285. The number of benzene rings is 1. The van der Waals surface area contributed by atoms with E-state index in [0.29, 0.717) is 19.1 Å². The first-order chi connectivity index (χ1) is 12.3. The van der Waals surface area contributed by atoms with Crippen LogP contribution in [0.25, 0.3) is 0 Å². The predicted molar refractivity (Wildman–Crippen MR) is 93.0 cm³/mol. The molecule has 1 heterocycles. The van der Waals surface area contributed by atoms with Gasteiger partial charge in [0, 0.05) is 39.4 Å². The van der Waals surface area contributed by atoms with Gasteiger partial charge in [-0.3, -0.25) is 9.67 Å². The average molecular weight is 369 g/mol. The molecule has 1 aromatic heterocycles. The van der Waals surface area contributed by atoms with Crippen LogP contribution < -0.4 is 10.1 Å². The largest absolute Gasteiger partial charge is 0.492 e. The SMILES string of the molecule is CN=C(NCc1cn(C)nc1C(F)(F)F)N(C)CCOc1ccccc1. The summed E-state index contributed by atoms with van der Waals surface area (Å²) >= 11 is 0. The summed E-state index contributed by atoms with van der Waals surface area (Å²) in [5, 5.41) is 6.42. The van der Waals surface area contributed by atoms with Crippen molar-refractivity contribution in [1.82, 2.24) is 20.0 Å². The fourth-order valence-electron chi connectivity index (χ4n) is 2.39. The Morgan fingerprint density at radius 2 is 2.00 bits per heavy atom. The molecule has 0 saturated heterocycles. The van der Waals surface area contributed by atoms with Crippen molar-refractivity contribution >= 4 is 5.96 Å². The Bertz CT molecular complexity index is 728. The van der Waals surface area contributed by atoms with E-state index in [1.807, 2.05) is 30.3 Å². The maximum Gasteiger partial charge on any atom is 0.435 e. The van der Waals surface area contributed by atoms with Crippen LogP contribution >= 0.6 is 0 Å². The van der Waals surface area contributed by atoms with E-state index in [0.717, 1.165) is 10.4 Å². The second kappa shape index (κ2) is 8.59. The van der Waals surface area contributed by atoms with Crippen molar-refractivity contribution in [3.63, 3.8) is 0 Å². The van der Waals surface area contributed by atoms with Gasteiger partial charge < -0.3 is 15.0 Å². The third kappa shape index (κ3) is 5.40. The van der Waals surface area contributed by atoms with Gasteiger partial charge in [-0.25, -0.2) is 0 Å². The van der Waals surface area contributed by atoms with E-state index >= 15 is 0 Å². The Morgan fingerprint density at radius 1 is 1.31 bits per heavy atom. The Balaban J connectivity index is 1.89. The van der Waals surface area contributed by atoms with E-state index in [9.17, 15) is 13.2 Å². The number of nitrogens with one attached hydrogen (secondary N) is 1. The van der Waals surface area contributed by atoms with Crippen LogP contribution in [0.15, 0.2) is 41.5 Å². The Labute approximate surface area is 150 Å². The van der Waals surface area contributed by atoms with Gasteiger partial charge in [-0.05, 0) is 12.1 Å². The normalized spacial score (nSPS) is 12.2. The van der Waals surface area contributed by atoms with Crippen molar-refractivity contribution in [1.29, 1.82) is 0 Å². The van der Waals surface area contributed by atoms with Gasteiger partial charge in [-0.1, -0.05) is 18.2 Å². The highest BCUT2D eigenvalue weighted by Crippen LogP contribution is 2.30. The Kier molecular flexibility index (Phi) is 6.48. The molecule has 9 heteroatoms. The first-order valence-electron chi connectivity index (χ1n) is 8.00. The number of alkyl halides is 3. The number of aromatic nitrogens is 2. The van der Waals surface area contributed by atoms with E-state index in [2.05, 4.69) is 15.4 Å². The molecular formula is C17H22F3N5O. The molecule has 0 aliphatic rings. The number of nitrogens with zero attached hydrogens (tertiary/aromatic N) is 4. The lowest BCUT2D eigenvalue weighted by molar-refractivity contribution is -0.142. The fourth-order valence-corrected chi connectivity index (χ4v) is 2.39. The van der Waals surface area contributed by atoms with Gasteiger partial charge in [0.05, 0.1) is 6.54 Å². The van der Waals surface area contributed by atoms with Crippen molar-refractivity contribution in [2.75, 3.05) is 27.2 Å². The molecule has 0 aliphatic heterocycles. The standard InChI is InChI=1S/C17H22F3N5O/c1-21-16(24(2)9-10-26-14-7-5-4-6-8-14)22-11-13-12-25(3)23-15(13)17(18,19)20/h4-8,12H,9-11H2,1-3H3,(H,21,22). The molecule has 0 saturated carbocycles. The van der Waals surface area contributed by atoms with Crippen LogP contribution in [0.4, 0.5) is 13.2 Å². The topological polar surface area (TPSA) is 54.7 Å². The number of rotatable bonds is 6. The highest BCUT2D eigenvalue weighted by atomic mass is 19.4. The first-order valence-corrected chi connectivity index (χ1v) is 8.00. The Hall–Kier alpha value is -2.71. The van der Waals surface area contributed by atoms with Gasteiger partial charge in [0.25, 0.3) is 0 Å². The van der Waals surface area contributed by atoms with Gasteiger partial charge in [0.1, 0.15) is 12.4 Å². The third-order valence-corrected chi connectivity index (χ3v) is 3.62. The maximum absolute atomic E-state index is 13.0. The van der Waals surface area contributed by atoms with E-state index in [4.69, 9.17) is 4.74 Å². The lowest BCUT2D eigenvalue weighted by atomic mass is 10.2. The highest BCUT2D eigenvalue weighted by molar-refractivity contribution is 5.79. The summed E-state index contributed by atoms with van der Waals surface area (Å²) in [5.41, 5.74) is -0.826. The molecule has 1 aromatic carbocycles. The van der Waals surface area contributed by atoms with Gasteiger partial charge in [-0.2, -0.15) is 18.3 Å². The van der Waals surface area contributed by atoms with Crippen LogP contribution in [0.1, 0.15) is 11.3 Å². The molecule has 26 heavy (non-hydrogen) atoms. The molecule has 0 amide bonds. The number of guanidine groups is 1. The van der Waals surface area contributed by atoms with Gasteiger partial charge in [0.2, 0.25) is 0 Å². The third-order valence-electron chi connectivity index (χ3n) is 3.62. The second-order valence-corrected chi connectivity index (χ2v) is 5.66. The number of ether oxygens (including phenoxy) is 1. The van der Waals surface area contributed by atoms with E-state index < -0.39 is 11.9 Å². The zero-order valence-electron chi connectivity index (χ0n) is 14.9. The average Bonchev–Trinajstić information content (AvgIpc) is 2.97. The van der Waals surface area contributed by atoms with Crippen LogP contribution in [0, 0.1) is 0 Å². The van der Waals surface area contributed by atoms with Gasteiger partial charge in [-0.15, -0.1) is 0 Å². The minimum Gasteiger partial charge on any atom is -0.492 e. The number of hydrogen-bond acceptors (Lipinski definition) is 3. The van der Waals surface area contributed by atoms with Crippen molar-refractivity contribution < 1.29 is 17.9 Å². The summed E-state index contributed by atoms with van der Waals surface area (Å²) in [6.45, 7) is 0.912. The maximum atomic E-state index is 13.0. The number of halogens is 3. The van der Waals surface area contributed by atoms with Crippen LogP contribution in [-0.2, 0) is 19.8 Å². The summed E-state index contributed by atoms with van der Waals surface area (Å²) < 4.78 is 45.7. The second-order valence-electron chi connectivity index (χ2n) is 5.66. The van der Waals surface area contributed by atoms with Gasteiger partial charge >= 0.3 is 6.18 Å². The first kappa shape index (κ1) is 19.6. The summed E-state index contributed by atoms with van der Waals surface area (Å²) in [7, 11) is 4.82. The molecule has 0 radical (unpaired) electrons. The monoisotopic (exact) mass is 369 g/mol. The lowest BCUT2D eigenvalue weighted by Gasteiger charge is -2.22. The van der Waals surface area contributed by atoms with E-state index in [-0.39, 0.29) is 12.1 Å². The van der Waals surface area contributed by atoms with Crippen molar-refractivity contribution in [3.8, 4) is 5.75 Å². The smallest absolute Gasteiger partial charge is 0.435 e. The molecular weight excluding hydrogens is 347 g/mol. The number of aryl methyl sites for hydroxylation is 1. The number of hydrogen-bond donors (Lipinski definition) is 1. The number of aliphatic imine (C=N–C) groups is 1. The zero-order chi connectivity index (χ0) is 19.2. The van der Waals surface area contributed by atoms with Gasteiger partial charge in [0.15, 0.2) is 11.7 Å². The molecule has 2 rings (SSSR count). The van der Waals surface area contributed by atoms with Crippen molar-refractivity contribution in [2.24, 2.45) is 12.0 Å². The highest BCUT2D eigenvalue weighted by Gasteiger charge is 2.36. The molecule has 0 aliphatic carbocycles. The summed E-state index contributed by atoms with van der Waals surface area (Å²) in [6.07, 6.45) is -3.14. The van der Waals surface area contributed by atoms with Crippen LogP contribution in [0.3, 0.4) is 0 Å². The molecule has 0 bridgehead atoms. The van der Waals surface area contributed by atoms with Crippen LogP contribution in [0.2, 0.25) is 0 Å². The lowest BCUT2D eigenvalue weighted by Crippen LogP contribution is -2.40. The van der Waals surface area contributed by atoms with E-state index in [1.165, 1.54) is 13.2 Å². The number of likely N-dealkylation sites (N-methyl/N-ethyl adjacent to an activating group) is 1. The van der Waals surface area contributed by atoms with Crippen molar-refractivity contribution in [3.05, 3.63) is 47.8 Å². The quantitative estimate of drug-likeness (QED) is 0.628. The minimum atomic E-state index is -4.49. The zero-order valence-corrected chi connectivity index (χ0v) is 14.9. The molecule has 2 aromatic rings. The van der Waals surface area contributed by atoms with Crippen LogP contribution in [-0.4, -0.2) is 47.9 Å². The molecule has 142 valence electrons. The van der Waals surface area contributed by atoms with Crippen molar-refractivity contribution in [2.45, 2.75) is 12.7 Å². The summed E-state index contributed by atoms with van der Waals surface area (Å²) in [6, 6.07) is 9.37. The molecule has 1 N–H and O–H groups in total. The fraction of sp³-hybridized carbons (Fsp3) is 0.412.